The monoisotopic (exact) mass is 342 g/mol. The number of benzene rings is 3. The fraction of sp³-hybridized carbons (Fsp3) is 0.0870. The van der Waals surface area contributed by atoms with Crippen LogP contribution in [-0.2, 0) is 7.05 Å². The highest BCUT2D eigenvalue weighted by molar-refractivity contribution is 6.17. The Morgan fingerprint density at radius 2 is 1.65 bits per heavy atom. The van der Waals surface area contributed by atoms with Crippen molar-refractivity contribution in [2.45, 2.75) is 6.92 Å². The lowest BCUT2D eigenvalue weighted by Gasteiger charge is -2.08. The average Bonchev–Trinajstić information content (AvgIpc) is 3.03. The van der Waals surface area contributed by atoms with Crippen LogP contribution in [0.2, 0.25) is 0 Å². The number of hydrogen-bond acceptors (Lipinski definition) is 1. The summed E-state index contributed by atoms with van der Waals surface area (Å²) in [7, 11) is 2.03. The minimum absolute atomic E-state index is 0.261. The molecule has 0 saturated heterocycles. The van der Waals surface area contributed by atoms with Gasteiger partial charge < -0.3 is 4.42 Å². The summed E-state index contributed by atoms with van der Waals surface area (Å²) in [5, 5.41) is 2.86. The molecule has 0 N–H and O–H groups in total. The smallest absolute Gasteiger partial charge is 0.224 e. The van der Waals surface area contributed by atoms with Crippen LogP contribution in [0.4, 0.5) is 4.39 Å². The molecule has 5 rings (SSSR count). The van der Waals surface area contributed by atoms with Crippen LogP contribution in [0.25, 0.3) is 44.1 Å². The van der Waals surface area contributed by atoms with Crippen LogP contribution >= 0.6 is 0 Å². The molecule has 126 valence electrons. The van der Waals surface area contributed by atoms with Crippen LogP contribution in [0.1, 0.15) is 5.56 Å². The Labute approximate surface area is 150 Å². The number of rotatable bonds is 1. The fourth-order valence-electron chi connectivity index (χ4n) is 3.89. The summed E-state index contributed by atoms with van der Waals surface area (Å²) in [5.74, 6) is -0.261. The van der Waals surface area contributed by atoms with Crippen molar-refractivity contribution in [3.63, 3.8) is 0 Å². The first kappa shape index (κ1) is 15.1. The molecule has 3 heteroatoms. The third kappa shape index (κ3) is 2.00. The number of nitrogens with zero attached hydrogens (tertiary/aromatic N) is 1. The SMILES string of the molecule is Cc1ccccc1-c1c2c3ccccc3oc2c2cc(F)ccc2[n+]1C. The number of aryl methyl sites for hydroxylation is 2. The molecule has 2 aromatic heterocycles. The number of furan rings is 1. The predicted octanol–water partition coefficient (Wildman–Crippen LogP) is 5.68. The van der Waals surface area contributed by atoms with E-state index in [1.54, 1.807) is 6.07 Å². The molecule has 0 atom stereocenters. The summed E-state index contributed by atoms with van der Waals surface area (Å²) in [6.07, 6.45) is 0. The van der Waals surface area contributed by atoms with Gasteiger partial charge in [-0.1, -0.05) is 36.4 Å². The molecule has 0 bridgehead atoms. The summed E-state index contributed by atoms with van der Waals surface area (Å²) in [5.41, 5.74) is 5.92. The number of para-hydroxylation sites is 1. The van der Waals surface area contributed by atoms with Crippen molar-refractivity contribution >= 4 is 32.8 Å². The summed E-state index contributed by atoms with van der Waals surface area (Å²) < 4.78 is 22.3. The number of fused-ring (bicyclic) bond motifs is 5. The summed E-state index contributed by atoms with van der Waals surface area (Å²) in [4.78, 5) is 0. The van der Waals surface area contributed by atoms with E-state index in [4.69, 9.17) is 4.42 Å². The second-order valence-electron chi connectivity index (χ2n) is 6.69. The number of halogens is 1. The van der Waals surface area contributed by atoms with E-state index < -0.39 is 0 Å². The largest absolute Gasteiger partial charge is 0.455 e. The van der Waals surface area contributed by atoms with Crippen molar-refractivity contribution in [2.24, 2.45) is 7.05 Å². The first-order valence-corrected chi connectivity index (χ1v) is 8.63. The van der Waals surface area contributed by atoms with Crippen molar-refractivity contribution in [3.8, 4) is 11.3 Å². The Bertz CT molecular complexity index is 1320. The maximum atomic E-state index is 14.0. The second-order valence-corrected chi connectivity index (χ2v) is 6.69. The van der Waals surface area contributed by atoms with Gasteiger partial charge in [-0.25, -0.2) is 4.39 Å². The van der Waals surface area contributed by atoms with Gasteiger partial charge >= 0.3 is 0 Å². The number of aromatic nitrogens is 1. The van der Waals surface area contributed by atoms with E-state index in [0.29, 0.717) is 0 Å². The second kappa shape index (κ2) is 5.40. The summed E-state index contributed by atoms with van der Waals surface area (Å²) in [6, 6.07) is 21.2. The Morgan fingerprint density at radius 3 is 2.50 bits per heavy atom. The Kier molecular flexibility index (Phi) is 3.13. The highest BCUT2D eigenvalue weighted by Crippen LogP contribution is 2.39. The minimum atomic E-state index is -0.261. The van der Waals surface area contributed by atoms with Gasteiger partial charge in [-0.3, -0.25) is 0 Å². The van der Waals surface area contributed by atoms with E-state index in [1.165, 1.54) is 11.6 Å². The Morgan fingerprint density at radius 1 is 0.885 bits per heavy atom. The van der Waals surface area contributed by atoms with Crippen LogP contribution in [0, 0.1) is 12.7 Å². The third-order valence-electron chi connectivity index (χ3n) is 5.13. The zero-order chi connectivity index (χ0) is 17.8. The molecule has 0 aliphatic carbocycles. The van der Waals surface area contributed by atoms with E-state index in [-0.39, 0.29) is 5.82 Å². The standard InChI is InChI=1S/C23H17FNO/c1-14-7-3-4-8-16(14)22-21-17-9-5-6-10-20(17)26-23(21)18-13-15(24)11-12-19(18)25(22)2/h3-13H,1-2H3/q+1. The summed E-state index contributed by atoms with van der Waals surface area (Å²) >= 11 is 0. The lowest BCUT2D eigenvalue weighted by atomic mass is 9.98. The highest BCUT2D eigenvalue weighted by atomic mass is 19.1. The van der Waals surface area contributed by atoms with Gasteiger partial charge in [0.25, 0.3) is 0 Å². The van der Waals surface area contributed by atoms with Gasteiger partial charge in [0.2, 0.25) is 11.2 Å². The zero-order valence-corrected chi connectivity index (χ0v) is 14.6. The average molecular weight is 342 g/mol. The fourth-order valence-corrected chi connectivity index (χ4v) is 3.89. The zero-order valence-electron chi connectivity index (χ0n) is 14.6. The lowest BCUT2D eigenvalue weighted by Crippen LogP contribution is -2.32. The highest BCUT2D eigenvalue weighted by Gasteiger charge is 2.26. The Hall–Kier alpha value is -3.20. The van der Waals surface area contributed by atoms with E-state index >= 15 is 0 Å². The lowest BCUT2D eigenvalue weighted by molar-refractivity contribution is -0.632. The van der Waals surface area contributed by atoms with Gasteiger partial charge in [0, 0.05) is 17.0 Å². The molecule has 0 saturated carbocycles. The molecule has 0 aliphatic rings. The molecule has 0 amide bonds. The molecule has 26 heavy (non-hydrogen) atoms. The van der Waals surface area contributed by atoms with Gasteiger partial charge in [-0.15, -0.1) is 0 Å². The molecule has 0 unspecified atom stereocenters. The van der Waals surface area contributed by atoms with Crippen molar-refractivity contribution < 1.29 is 13.4 Å². The summed E-state index contributed by atoms with van der Waals surface area (Å²) in [6.45, 7) is 2.11. The van der Waals surface area contributed by atoms with Crippen molar-refractivity contribution in [3.05, 3.63) is 78.1 Å². The normalized spacial score (nSPS) is 11.7. The molecule has 5 aromatic rings. The van der Waals surface area contributed by atoms with Gasteiger partial charge in [-0.2, -0.15) is 4.57 Å². The molecule has 2 nitrogen and oxygen atoms in total. The number of hydrogen-bond donors (Lipinski definition) is 0. The molecular formula is C23H17FNO+. The third-order valence-corrected chi connectivity index (χ3v) is 5.13. The van der Waals surface area contributed by atoms with Crippen LogP contribution in [-0.4, -0.2) is 0 Å². The Balaban J connectivity index is 2.11. The predicted molar refractivity (Wildman–Crippen MR) is 103 cm³/mol. The maximum absolute atomic E-state index is 14.0. The van der Waals surface area contributed by atoms with Crippen molar-refractivity contribution in [2.75, 3.05) is 0 Å². The van der Waals surface area contributed by atoms with Crippen molar-refractivity contribution in [1.82, 2.24) is 0 Å². The molecule has 0 fully saturated rings. The first-order chi connectivity index (χ1) is 12.6. The van der Waals surface area contributed by atoms with E-state index in [0.717, 1.165) is 44.1 Å². The van der Waals surface area contributed by atoms with Gasteiger partial charge in [0.15, 0.2) is 5.58 Å². The van der Waals surface area contributed by atoms with Gasteiger partial charge in [0.05, 0.1) is 5.39 Å². The van der Waals surface area contributed by atoms with E-state index in [9.17, 15) is 4.39 Å². The maximum Gasteiger partial charge on any atom is 0.224 e. The molecule has 0 radical (unpaired) electrons. The topological polar surface area (TPSA) is 17.0 Å². The van der Waals surface area contributed by atoms with Gasteiger partial charge in [0.1, 0.15) is 23.8 Å². The first-order valence-electron chi connectivity index (χ1n) is 8.63. The van der Waals surface area contributed by atoms with Crippen LogP contribution in [0.15, 0.2) is 71.1 Å². The molecule has 0 spiro atoms. The van der Waals surface area contributed by atoms with Crippen LogP contribution in [0.5, 0.6) is 0 Å². The van der Waals surface area contributed by atoms with E-state index in [2.05, 4.69) is 29.7 Å². The molecule has 0 aliphatic heterocycles. The van der Waals surface area contributed by atoms with Crippen molar-refractivity contribution in [1.29, 1.82) is 0 Å². The minimum Gasteiger partial charge on any atom is -0.455 e. The van der Waals surface area contributed by atoms with E-state index in [1.807, 2.05) is 43.4 Å². The van der Waals surface area contributed by atoms with Crippen LogP contribution in [0.3, 0.4) is 0 Å². The number of pyridine rings is 1. The quantitative estimate of drug-likeness (QED) is 0.358. The van der Waals surface area contributed by atoms with Crippen LogP contribution < -0.4 is 4.57 Å². The molecule has 2 heterocycles. The molecular weight excluding hydrogens is 325 g/mol. The molecule has 3 aromatic carbocycles. The van der Waals surface area contributed by atoms with Gasteiger partial charge in [-0.05, 0) is 36.8 Å².